The van der Waals surface area contributed by atoms with Crippen molar-refractivity contribution in [3.63, 3.8) is 0 Å². The fourth-order valence-corrected chi connectivity index (χ4v) is 2.48. The SMILES string of the molecule is Cc1ccc(CCNCCNCCCc2ccccc2)cc1. The number of hydrogen-bond donors (Lipinski definition) is 2. The minimum absolute atomic E-state index is 1.04. The van der Waals surface area contributed by atoms with Crippen molar-refractivity contribution in [2.45, 2.75) is 26.2 Å². The standard InChI is InChI=1S/C20H28N2/c1-18-9-11-20(12-10-18)13-15-22-17-16-21-14-5-8-19-6-3-2-4-7-19/h2-4,6-7,9-12,21-22H,5,8,13-17H2,1H3. The van der Waals surface area contributed by atoms with Crippen molar-refractivity contribution in [2.75, 3.05) is 26.2 Å². The van der Waals surface area contributed by atoms with E-state index in [-0.39, 0.29) is 0 Å². The van der Waals surface area contributed by atoms with E-state index < -0.39 is 0 Å². The van der Waals surface area contributed by atoms with Crippen LogP contribution in [0, 0.1) is 6.92 Å². The lowest BCUT2D eigenvalue weighted by molar-refractivity contribution is 0.597. The summed E-state index contributed by atoms with van der Waals surface area (Å²) in [6.45, 7) is 6.36. The van der Waals surface area contributed by atoms with Crippen LogP contribution in [0.1, 0.15) is 23.1 Å². The number of benzene rings is 2. The molecule has 0 heterocycles. The first-order valence-corrected chi connectivity index (χ1v) is 8.35. The highest BCUT2D eigenvalue weighted by molar-refractivity contribution is 5.21. The lowest BCUT2D eigenvalue weighted by atomic mass is 10.1. The van der Waals surface area contributed by atoms with Crippen LogP contribution >= 0.6 is 0 Å². The van der Waals surface area contributed by atoms with Gasteiger partial charge in [-0.1, -0.05) is 60.2 Å². The molecule has 0 amide bonds. The van der Waals surface area contributed by atoms with Crippen molar-refractivity contribution in [3.8, 4) is 0 Å². The molecule has 2 heteroatoms. The lowest BCUT2D eigenvalue weighted by Crippen LogP contribution is -2.29. The molecule has 0 radical (unpaired) electrons. The van der Waals surface area contributed by atoms with Gasteiger partial charge in [0.2, 0.25) is 0 Å². The average Bonchev–Trinajstić information content (AvgIpc) is 2.56. The summed E-state index contributed by atoms with van der Waals surface area (Å²) in [7, 11) is 0. The van der Waals surface area contributed by atoms with Gasteiger partial charge in [0.05, 0.1) is 0 Å². The third kappa shape index (κ3) is 6.88. The molecule has 2 nitrogen and oxygen atoms in total. The van der Waals surface area contributed by atoms with Crippen molar-refractivity contribution < 1.29 is 0 Å². The summed E-state index contributed by atoms with van der Waals surface area (Å²) in [6.07, 6.45) is 3.47. The van der Waals surface area contributed by atoms with E-state index in [0.29, 0.717) is 0 Å². The minimum Gasteiger partial charge on any atom is -0.315 e. The first kappa shape index (κ1) is 16.7. The molecule has 0 aliphatic carbocycles. The molecule has 0 unspecified atom stereocenters. The number of rotatable bonds is 10. The Kier molecular flexibility index (Phi) is 7.71. The van der Waals surface area contributed by atoms with Crippen LogP contribution in [0.15, 0.2) is 54.6 Å². The third-order valence-corrected chi connectivity index (χ3v) is 3.85. The second-order valence-corrected chi connectivity index (χ2v) is 5.82. The normalized spacial score (nSPS) is 10.8. The van der Waals surface area contributed by atoms with E-state index in [2.05, 4.69) is 72.2 Å². The summed E-state index contributed by atoms with van der Waals surface area (Å²) in [5.74, 6) is 0. The molecule has 0 bridgehead atoms. The Morgan fingerprint density at radius 1 is 0.636 bits per heavy atom. The summed E-state index contributed by atoms with van der Waals surface area (Å²) in [5, 5.41) is 6.99. The molecule has 0 saturated heterocycles. The van der Waals surface area contributed by atoms with Crippen LogP contribution in [0.4, 0.5) is 0 Å². The molecule has 2 aromatic rings. The van der Waals surface area contributed by atoms with E-state index in [9.17, 15) is 0 Å². The molecule has 118 valence electrons. The fraction of sp³-hybridized carbons (Fsp3) is 0.400. The van der Waals surface area contributed by atoms with Crippen molar-refractivity contribution >= 4 is 0 Å². The summed E-state index contributed by atoms with van der Waals surface area (Å²) in [5.41, 5.74) is 4.17. The zero-order valence-electron chi connectivity index (χ0n) is 13.6. The van der Waals surface area contributed by atoms with Crippen LogP contribution < -0.4 is 10.6 Å². The van der Waals surface area contributed by atoms with E-state index in [1.165, 1.54) is 23.1 Å². The van der Waals surface area contributed by atoms with Crippen LogP contribution in [0.25, 0.3) is 0 Å². The zero-order valence-corrected chi connectivity index (χ0v) is 13.6. The molecule has 0 aromatic heterocycles. The zero-order chi connectivity index (χ0) is 15.5. The Labute approximate surface area is 135 Å². The predicted molar refractivity (Wildman–Crippen MR) is 95.4 cm³/mol. The second kappa shape index (κ2) is 10.1. The average molecular weight is 296 g/mol. The summed E-state index contributed by atoms with van der Waals surface area (Å²) >= 11 is 0. The Morgan fingerprint density at radius 3 is 2.00 bits per heavy atom. The van der Waals surface area contributed by atoms with E-state index in [4.69, 9.17) is 0 Å². The Balaban J connectivity index is 1.42. The minimum atomic E-state index is 1.04. The van der Waals surface area contributed by atoms with Gasteiger partial charge in [0, 0.05) is 13.1 Å². The number of aryl methyl sites for hydroxylation is 2. The third-order valence-electron chi connectivity index (χ3n) is 3.85. The molecule has 2 rings (SSSR count). The maximum atomic E-state index is 3.50. The first-order chi connectivity index (χ1) is 10.8. The summed E-state index contributed by atoms with van der Waals surface area (Å²) < 4.78 is 0. The molecule has 0 saturated carbocycles. The maximum absolute atomic E-state index is 3.50. The summed E-state index contributed by atoms with van der Waals surface area (Å²) in [4.78, 5) is 0. The molecule has 0 aliphatic heterocycles. The highest BCUT2D eigenvalue weighted by atomic mass is 14.9. The molecule has 0 aliphatic rings. The van der Waals surface area contributed by atoms with Crippen molar-refractivity contribution in [1.82, 2.24) is 10.6 Å². The van der Waals surface area contributed by atoms with Gasteiger partial charge in [0.15, 0.2) is 0 Å². The molecular formula is C20H28N2. The van der Waals surface area contributed by atoms with E-state index in [0.717, 1.165) is 39.0 Å². The smallest absolute Gasteiger partial charge is 0.00768 e. The monoisotopic (exact) mass is 296 g/mol. The molecule has 0 atom stereocenters. The molecular weight excluding hydrogens is 268 g/mol. The quantitative estimate of drug-likeness (QED) is 0.657. The Hall–Kier alpha value is -1.64. The van der Waals surface area contributed by atoms with E-state index in [1.807, 2.05) is 0 Å². The van der Waals surface area contributed by atoms with Gasteiger partial charge in [-0.3, -0.25) is 0 Å². The van der Waals surface area contributed by atoms with Crippen LogP contribution in [-0.4, -0.2) is 26.2 Å². The second-order valence-electron chi connectivity index (χ2n) is 5.82. The van der Waals surface area contributed by atoms with E-state index >= 15 is 0 Å². The largest absolute Gasteiger partial charge is 0.315 e. The number of nitrogens with one attached hydrogen (secondary N) is 2. The van der Waals surface area contributed by atoms with Gasteiger partial charge >= 0.3 is 0 Å². The topological polar surface area (TPSA) is 24.1 Å². The van der Waals surface area contributed by atoms with Crippen molar-refractivity contribution in [1.29, 1.82) is 0 Å². The Bertz CT molecular complexity index is 505. The lowest BCUT2D eigenvalue weighted by Gasteiger charge is -2.07. The van der Waals surface area contributed by atoms with Gasteiger partial charge in [-0.05, 0) is 50.4 Å². The van der Waals surface area contributed by atoms with Gasteiger partial charge < -0.3 is 10.6 Å². The molecule has 22 heavy (non-hydrogen) atoms. The maximum Gasteiger partial charge on any atom is 0.00768 e. The molecule has 0 spiro atoms. The summed E-state index contributed by atoms with van der Waals surface area (Å²) in [6, 6.07) is 19.5. The van der Waals surface area contributed by atoms with E-state index in [1.54, 1.807) is 0 Å². The van der Waals surface area contributed by atoms with Gasteiger partial charge in [0.25, 0.3) is 0 Å². The fourth-order valence-electron chi connectivity index (χ4n) is 2.48. The van der Waals surface area contributed by atoms with Crippen LogP contribution in [-0.2, 0) is 12.8 Å². The Morgan fingerprint density at radius 2 is 1.27 bits per heavy atom. The van der Waals surface area contributed by atoms with Crippen LogP contribution in [0.5, 0.6) is 0 Å². The predicted octanol–water partition coefficient (Wildman–Crippen LogP) is 3.35. The van der Waals surface area contributed by atoms with Gasteiger partial charge in [0.1, 0.15) is 0 Å². The highest BCUT2D eigenvalue weighted by Crippen LogP contribution is 2.03. The first-order valence-electron chi connectivity index (χ1n) is 8.35. The van der Waals surface area contributed by atoms with Crippen molar-refractivity contribution in [3.05, 3.63) is 71.3 Å². The van der Waals surface area contributed by atoms with Gasteiger partial charge in [-0.15, -0.1) is 0 Å². The number of hydrogen-bond acceptors (Lipinski definition) is 2. The van der Waals surface area contributed by atoms with Gasteiger partial charge in [-0.25, -0.2) is 0 Å². The van der Waals surface area contributed by atoms with Gasteiger partial charge in [-0.2, -0.15) is 0 Å². The molecule has 2 aromatic carbocycles. The van der Waals surface area contributed by atoms with Crippen LogP contribution in [0.2, 0.25) is 0 Å². The van der Waals surface area contributed by atoms with Crippen LogP contribution in [0.3, 0.4) is 0 Å². The molecule has 2 N–H and O–H groups in total. The molecule has 0 fully saturated rings. The highest BCUT2D eigenvalue weighted by Gasteiger charge is 1.94. The van der Waals surface area contributed by atoms with Crippen molar-refractivity contribution in [2.24, 2.45) is 0 Å².